The topological polar surface area (TPSA) is 75.0 Å². The number of nitrogens with one attached hydrogen (secondary N) is 1. The van der Waals surface area contributed by atoms with Crippen LogP contribution in [0.15, 0.2) is 23.5 Å². The molecule has 1 unspecified atom stereocenters. The van der Waals surface area contributed by atoms with Crippen LogP contribution in [0.25, 0.3) is 0 Å². The second-order valence-corrected chi connectivity index (χ2v) is 6.32. The average Bonchev–Trinajstić information content (AvgIpc) is 3.34. The molecule has 1 atom stereocenters. The number of aromatic nitrogens is 2. The second kappa shape index (κ2) is 10.7. The van der Waals surface area contributed by atoms with Crippen molar-refractivity contribution in [3.63, 3.8) is 0 Å². The van der Waals surface area contributed by atoms with Crippen molar-refractivity contribution >= 4 is 35.8 Å². The van der Waals surface area contributed by atoms with Crippen molar-refractivity contribution in [3.05, 3.63) is 18.5 Å². The van der Waals surface area contributed by atoms with E-state index >= 15 is 0 Å². The Kier molecular flexibility index (Phi) is 8.63. The van der Waals surface area contributed by atoms with Crippen molar-refractivity contribution < 1.29 is 9.53 Å². The van der Waals surface area contributed by atoms with E-state index in [2.05, 4.69) is 22.2 Å². The number of hydrogen-bond donors (Lipinski definition) is 1. The molecule has 9 heteroatoms. The van der Waals surface area contributed by atoms with Gasteiger partial charge < -0.3 is 19.9 Å². The molecule has 2 saturated heterocycles. The van der Waals surface area contributed by atoms with Gasteiger partial charge in [-0.3, -0.25) is 14.5 Å². The van der Waals surface area contributed by atoms with Gasteiger partial charge >= 0.3 is 0 Å². The van der Waals surface area contributed by atoms with Crippen molar-refractivity contribution in [1.82, 2.24) is 24.9 Å². The van der Waals surface area contributed by atoms with Gasteiger partial charge in [-0.05, 0) is 25.8 Å². The van der Waals surface area contributed by atoms with Crippen LogP contribution in [0.2, 0.25) is 0 Å². The van der Waals surface area contributed by atoms with E-state index in [9.17, 15) is 4.79 Å². The number of aliphatic imine (C=N–C) groups is 1. The summed E-state index contributed by atoms with van der Waals surface area (Å²) in [6.45, 7) is 8.10. The lowest BCUT2D eigenvalue weighted by Crippen LogP contribution is -2.55. The van der Waals surface area contributed by atoms with Crippen molar-refractivity contribution in [1.29, 1.82) is 0 Å². The number of ether oxygens (including phenoxy) is 1. The van der Waals surface area contributed by atoms with Crippen LogP contribution in [-0.2, 0) is 16.1 Å². The summed E-state index contributed by atoms with van der Waals surface area (Å²) >= 11 is 0. The molecule has 1 aromatic heterocycles. The number of carbonyl (C=O) groups excluding carboxylic acids is 1. The summed E-state index contributed by atoms with van der Waals surface area (Å²) < 4.78 is 7.40. The van der Waals surface area contributed by atoms with Gasteiger partial charge in [0.2, 0.25) is 0 Å². The summed E-state index contributed by atoms with van der Waals surface area (Å²) in [5, 5.41) is 7.55. The molecular formula is C17H29IN6O2. The fourth-order valence-electron chi connectivity index (χ4n) is 3.23. The number of nitrogens with zero attached hydrogens (tertiary/aromatic N) is 5. The summed E-state index contributed by atoms with van der Waals surface area (Å²) in [6.07, 6.45) is 5.35. The number of carbonyl (C=O) groups is 1. The van der Waals surface area contributed by atoms with Gasteiger partial charge in [0.25, 0.3) is 5.91 Å². The molecule has 0 aromatic carbocycles. The Morgan fingerprint density at radius 2 is 2.08 bits per heavy atom. The Morgan fingerprint density at radius 3 is 2.69 bits per heavy atom. The number of halogens is 1. The first-order valence-electron chi connectivity index (χ1n) is 9.19. The maximum Gasteiger partial charge on any atom is 0.251 e. The Labute approximate surface area is 172 Å². The summed E-state index contributed by atoms with van der Waals surface area (Å²) in [7, 11) is 0. The lowest BCUT2D eigenvalue weighted by Gasteiger charge is -2.37. The predicted molar refractivity (Wildman–Crippen MR) is 111 cm³/mol. The molecule has 1 aromatic rings. The van der Waals surface area contributed by atoms with Crippen molar-refractivity contribution in [2.24, 2.45) is 4.99 Å². The van der Waals surface area contributed by atoms with Gasteiger partial charge in [0.15, 0.2) is 5.96 Å². The fourth-order valence-corrected chi connectivity index (χ4v) is 3.23. The van der Waals surface area contributed by atoms with E-state index in [1.165, 1.54) is 0 Å². The molecule has 3 heterocycles. The summed E-state index contributed by atoms with van der Waals surface area (Å²) in [6, 6.07) is 1.92. The van der Waals surface area contributed by atoms with Gasteiger partial charge in [-0.25, -0.2) is 0 Å². The van der Waals surface area contributed by atoms with Gasteiger partial charge in [0, 0.05) is 51.7 Å². The summed E-state index contributed by atoms with van der Waals surface area (Å²) in [5.74, 6) is 1.07. The standard InChI is InChI=1S/C17H28N6O2.HI/c1-2-18-17(19-7-9-23-8-4-6-20-23)22-12-10-21(11-13-22)16(24)15-5-3-14-25-15;/h4,6,8,15H,2-3,5,7,9-14H2,1H3,(H,18,19);1H. The predicted octanol–water partition coefficient (Wildman–Crippen LogP) is 0.790. The number of amides is 1. The Hall–Kier alpha value is -1.36. The maximum absolute atomic E-state index is 12.4. The van der Waals surface area contributed by atoms with Crippen molar-refractivity contribution in [3.8, 4) is 0 Å². The van der Waals surface area contributed by atoms with E-state index in [0.29, 0.717) is 13.2 Å². The highest BCUT2D eigenvalue weighted by atomic mass is 127. The third-order valence-electron chi connectivity index (χ3n) is 4.58. The first kappa shape index (κ1) is 20.9. The number of hydrogen-bond acceptors (Lipinski definition) is 4. The molecule has 1 N–H and O–H groups in total. The molecule has 0 bridgehead atoms. The highest BCUT2D eigenvalue weighted by Gasteiger charge is 2.30. The van der Waals surface area contributed by atoms with E-state index in [0.717, 1.165) is 58.1 Å². The first-order valence-corrected chi connectivity index (χ1v) is 9.19. The highest BCUT2D eigenvalue weighted by molar-refractivity contribution is 14.0. The molecule has 2 fully saturated rings. The van der Waals surface area contributed by atoms with Gasteiger partial charge in [0.05, 0.1) is 13.1 Å². The number of guanidine groups is 1. The SMILES string of the molecule is CCNC(=NCCn1cccn1)N1CCN(C(=O)C2CCCO2)CC1.I. The van der Waals surface area contributed by atoms with Gasteiger partial charge in [0.1, 0.15) is 6.10 Å². The minimum absolute atomic E-state index is 0. The first-order chi connectivity index (χ1) is 12.3. The molecule has 8 nitrogen and oxygen atoms in total. The maximum atomic E-state index is 12.4. The van der Waals surface area contributed by atoms with E-state index < -0.39 is 0 Å². The van der Waals surface area contributed by atoms with Crippen LogP contribution in [0.3, 0.4) is 0 Å². The monoisotopic (exact) mass is 476 g/mol. The molecule has 2 aliphatic rings. The zero-order chi connectivity index (χ0) is 17.5. The average molecular weight is 476 g/mol. The van der Waals surface area contributed by atoms with Crippen LogP contribution in [0, 0.1) is 0 Å². The Morgan fingerprint density at radius 1 is 1.31 bits per heavy atom. The minimum atomic E-state index is -0.220. The number of piperazine rings is 1. The smallest absolute Gasteiger partial charge is 0.251 e. The van der Waals surface area contributed by atoms with Gasteiger partial charge in [-0.1, -0.05) is 0 Å². The molecule has 0 spiro atoms. The molecule has 1 amide bonds. The molecule has 2 aliphatic heterocycles. The van der Waals surface area contributed by atoms with Crippen LogP contribution >= 0.6 is 24.0 Å². The third kappa shape index (κ3) is 5.57. The van der Waals surface area contributed by atoms with Crippen LogP contribution in [-0.4, -0.2) is 83.4 Å². The van der Waals surface area contributed by atoms with Crippen LogP contribution < -0.4 is 5.32 Å². The van der Waals surface area contributed by atoms with Crippen molar-refractivity contribution in [2.45, 2.75) is 32.4 Å². The summed E-state index contributed by atoms with van der Waals surface area (Å²) in [4.78, 5) is 21.3. The second-order valence-electron chi connectivity index (χ2n) is 6.32. The van der Waals surface area contributed by atoms with Gasteiger partial charge in [-0.2, -0.15) is 5.10 Å². The zero-order valence-electron chi connectivity index (χ0n) is 15.3. The largest absolute Gasteiger partial charge is 0.368 e. The van der Waals surface area contributed by atoms with E-state index in [4.69, 9.17) is 9.73 Å². The lowest BCUT2D eigenvalue weighted by atomic mass is 10.2. The Bertz CT molecular complexity index is 566. The van der Waals surface area contributed by atoms with Crippen LogP contribution in [0.1, 0.15) is 19.8 Å². The van der Waals surface area contributed by atoms with E-state index in [1.54, 1.807) is 6.20 Å². The quantitative estimate of drug-likeness (QED) is 0.387. The minimum Gasteiger partial charge on any atom is -0.368 e. The van der Waals surface area contributed by atoms with Crippen LogP contribution in [0.4, 0.5) is 0 Å². The molecular weight excluding hydrogens is 447 g/mol. The summed E-state index contributed by atoms with van der Waals surface area (Å²) in [5.41, 5.74) is 0. The van der Waals surface area contributed by atoms with Crippen molar-refractivity contribution in [2.75, 3.05) is 45.9 Å². The number of rotatable bonds is 5. The molecule has 26 heavy (non-hydrogen) atoms. The highest BCUT2D eigenvalue weighted by Crippen LogP contribution is 2.16. The molecule has 146 valence electrons. The van der Waals surface area contributed by atoms with E-state index in [1.807, 2.05) is 21.8 Å². The third-order valence-corrected chi connectivity index (χ3v) is 4.58. The lowest BCUT2D eigenvalue weighted by molar-refractivity contribution is -0.142. The molecule has 3 rings (SSSR count). The normalized spacial score (nSPS) is 20.8. The Balaban J connectivity index is 0.00000243. The zero-order valence-corrected chi connectivity index (χ0v) is 17.7. The molecule has 0 aliphatic carbocycles. The molecule has 0 saturated carbocycles. The fraction of sp³-hybridized carbons (Fsp3) is 0.706. The van der Waals surface area contributed by atoms with Gasteiger partial charge in [-0.15, -0.1) is 24.0 Å². The van der Waals surface area contributed by atoms with Crippen LogP contribution in [0.5, 0.6) is 0 Å². The molecule has 0 radical (unpaired) electrons. The van der Waals surface area contributed by atoms with E-state index in [-0.39, 0.29) is 36.0 Å².